The predicted molar refractivity (Wildman–Crippen MR) is 81.8 cm³/mol. The molecule has 1 saturated carbocycles. The van der Waals surface area contributed by atoms with E-state index in [0.717, 1.165) is 17.8 Å². The highest BCUT2D eigenvalue weighted by Crippen LogP contribution is 2.37. The number of nitrogens with zero attached hydrogens (tertiary/aromatic N) is 1. The number of nitrogens with one attached hydrogen (secondary N) is 1. The number of hydrogen-bond acceptors (Lipinski definition) is 4. The van der Waals surface area contributed by atoms with E-state index in [1.165, 1.54) is 24.2 Å². The van der Waals surface area contributed by atoms with E-state index < -0.39 is 12.0 Å². The third kappa shape index (κ3) is 3.61. The van der Waals surface area contributed by atoms with Crippen molar-refractivity contribution in [3.8, 4) is 0 Å². The third-order valence-electron chi connectivity index (χ3n) is 3.94. The number of carbonyl (C=O) groups excluding carboxylic acids is 1. The summed E-state index contributed by atoms with van der Waals surface area (Å²) in [5.41, 5.74) is 0.701. The molecular weight excluding hydrogens is 288 g/mol. The number of amides is 1. The minimum atomic E-state index is -1.00. The van der Waals surface area contributed by atoms with E-state index in [2.05, 4.69) is 10.3 Å². The number of carboxylic acids is 1. The van der Waals surface area contributed by atoms with Crippen LogP contribution in [-0.4, -0.2) is 28.0 Å². The maximum Gasteiger partial charge on any atom is 0.326 e. The molecule has 116 valence electrons. The first-order valence-corrected chi connectivity index (χ1v) is 8.22. The van der Waals surface area contributed by atoms with Crippen molar-refractivity contribution in [2.45, 2.75) is 58.4 Å². The van der Waals surface area contributed by atoms with Gasteiger partial charge in [0.15, 0.2) is 0 Å². The Hall–Kier alpha value is -1.43. The Morgan fingerprint density at radius 2 is 1.95 bits per heavy atom. The smallest absolute Gasteiger partial charge is 0.326 e. The molecule has 1 heterocycles. The second-order valence-corrected chi connectivity index (χ2v) is 7.01. The highest BCUT2D eigenvalue weighted by atomic mass is 32.1. The van der Waals surface area contributed by atoms with Gasteiger partial charge in [0.2, 0.25) is 0 Å². The van der Waals surface area contributed by atoms with Gasteiger partial charge in [-0.15, -0.1) is 11.3 Å². The van der Waals surface area contributed by atoms with E-state index in [0.29, 0.717) is 16.5 Å². The molecule has 6 heteroatoms. The van der Waals surface area contributed by atoms with Crippen LogP contribution in [0.5, 0.6) is 0 Å². The maximum absolute atomic E-state index is 12.3. The van der Waals surface area contributed by atoms with Gasteiger partial charge >= 0.3 is 5.97 Å². The summed E-state index contributed by atoms with van der Waals surface area (Å²) < 4.78 is 0. The monoisotopic (exact) mass is 310 g/mol. The summed E-state index contributed by atoms with van der Waals surface area (Å²) in [6.07, 6.45) is 4.72. The number of carboxylic acid groups (broad SMARTS) is 1. The highest BCUT2D eigenvalue weighted by molar-refractivity contribution is 7.13. The minimum Gasteiger partial charge on any atom is -0.480 e. The van der Waals surface area contributed by atoms with Crippen LogP contribution in [0, 0.1) is 12.8 Å². The van der Waals surface area contributed by atoms with E-state index in [9.17, 15) is 9.59 Å². The Kier molecular flexibility index (Phi) is 4.98. The molecule has 0 saturated heterocycles. The van der Waals surface area contributed by atoms with Gasteiger partial charge in [0.25, 0.3) is 5.91 Å². The largest absolute Gasteiger partial charge is 0.480 e. The summed E-state index contributed by atoms with van der Waals surface area (Å²) in [6, 6.07) is -0.867. The van der Waals surface area contributed by atoms with Crippen LogP contribution in [0.25, 0.3) is 0 Å². The molecule has 1 aliphatic rings. The van der Waals surface area contributed by atoms with Crippen LogP contribution < -0.4 is 5.32 Å². The SMILES string of the molecule is Cc1nc(C2CCCC2)sc1C(=O)NC(C(=O)O)C(C)C. The molecule has 0 aliphatic heterocycles. The van der Waals surface area contributed by atoms with Crippen molar-refractivity contribution in [2.75, 3.05) is 0 Å². The fourth-order valence-corrected chi connectivity index (χ4v) is 3.83. The van der Waals surface area contributed by atoms with Gasteiger partial charge in [0.1, 0.15) is 10.9 Å². The van der Waals surface area contributed by atoms with Crippen molar-refractivity contribution in [1.82, 2.24) is 10.3 Å². The lowest BCUT2D eigenvalue weighted by Crippen LogP contribution is -2.44. The first-order valence-electron chi connectivity index (χ1n) is 7.41. The maximum atomic E-state index is 12.3. The van der Waals surface area contributed by atoms with Crippen LogP contribution in [-0.2, 0) is 4.79 Å². The lowest BCUT2D eigenvalue weighted by molar-refractivity contribution is -0.140. The van der Waals surface area contributed by atoms with Crippen molar-refractivity contribution in [3.05, 3.63) is 15.6 Å². The summed E-state index contributed by atoms with van der Waals surface area (Å²) in [6.45, 7) is 5.38. The van der Waals surface area contributed by atoms with E-state index in [-0.39, 0.29) is 11.8 Å². The second kappa shape index (κ2) is 6.56. The summed E-state index contributed by atoms with van der Waals surface area (Å²) in [4.78, 5) is 28.6. The number of aryl methyl sites for hydroxylation is 1. The minimum absolute atomic E-state index is 0.158. The molecule has 1 aliphatic carbocycles. The molecule has 0 radical (unpaired) electrons. The Labute approximate surface area is 128 Å². The van der Waals surface area contributed by atoms with E-state index in [4.69, 9.17) is 5.11 Å². The van der Waals surface area contributed by atoms with E-state index in [1.54, 1.807) is 13.8 Å². The molecule has 21 heavy (non-hydrogen) atoms. The molecule has 5 nitrogen and oxygen atoms in total. The topological polar surface area (TPSA) is 79.3 Å². The molecule has 1 aromatic rings. The quantitative estimate of drug-likeness (QED) is 0.876. The van der Waals surface area contributed by atoms with Crippen molar-refractivity contribution in [2.24, 2.45) is 5.92 Å². The summed E-state index contributed by atoms with van der Waals surface area (Å²) in [5, 5.41) is 12.8. The van der Waals surface area contributed by atoms with Gasteiger partial charge in [-0.3, -0.25) is 4.79 Å². The number of thiazole rings is 1. The molecule has 0 bridgehead atoms. The molecular formula is C15H22N2O3S. The van der Waals surface area contributed by atoms with Gasteiger partial charge in [-0.2, -0.15) is 0 Å². The van der Waals surface area contributed by atoms with Crippen LogP contribution in [0.3, 0.4) is 0 Å². The number of carbonyl (C=O) groups is 2. The number of rotatable bonds is 5. The number of aliphatic carboxylic acids is 1. The van der Waals surface area contributed by atoms with Crippen LogP contribution in [0.1, 0.15) is 65.8 Å². The van der Waals surface area contributed by atoms with Crippen molar-refractivity contribution < 1.29 is 14.7 Å². The Morgan fingerprint density at radius 1 is 1.33 bits per heavy atom. The third-order valence-corrected chi connectivity index (χ3v) is 5.26. The zero-order chi connectivity index (χ0) is 15.6. The fraction of sp³-hybridized carbons (Fsp3) is 0.667. The normalized spacial score (nSPS) is 17.1. The average molecular weight is 310 g/mol. The van der Waals surface area contributed by atoms with Crippen LogP contribution in [0.15, 0.2) is 0 Å². The van der Waals surface area contributed by atoms with E-state index >= 15 is 0 Å². The lowest BCUT2D eigenvalue weighted by Gasteiger charge is -2.17. The van der Waals surface area contributed by atoms with Gasteiger partial charge in [-0.25, -0.2) is 9.78 Å². The van der Waals surface area contributed by atoms with Crippen molar-refractivity contribution in [1.29, 1.82) is 0 Å². The second-order valence-electron chi connectivity index (χ2n) is 5.98. The standard InChI is InChI=1S/C15H22N2O3S/c1-8(2)11(15(19)20)17-13(18)12-9(3)16-14(21-12)10-6-4-5-7-10/h8,10-11H,4-7H2,1-3H3,(H,17,18)(H,19,20). The Morgan fingerprint density at radius 3 is 2.48 bits per heavy atom. The number of aromatic nitrogens is 1. The fourth-order valence-electron chi connectivity index (χ4n) is 2.70. The van der Waals surface area contributed by atoms with E-state index in [1.807, 2.05) is 6.92 Å². The average Bonchev–Trinajstić information content (AvgIpc) is 3.03. The predicted octanol–water partition coefficient (Wildman–Crippen LogP) is 2.95. The Balaban J connectivity index is 2.13. The first-order chi connectivity index (χ1) is 9.90. The molecule has 1 aromatic heterocycles. The van der Waals surface area contributed by atoms with Gasteiger partial charge in [-0.05, 0) is 25.7 Å². The van der Waals surface area contributed by atoms with Crippen LogP contribution in [0.2, 0.25) is 0 Å². The lowest BCUT2D eigenvalue weighted by atomic mass is 10.0. The summed E-state index contributed by atoms with van der Waals surface area (Å²) >= 11 is 1.41. The van der Waals surface area contributed by atoms with Gasteiger partial charge in [-0.1, -0.05) is 26.7 Å². The van der Waals surface area contributed by atoms with Crippen LogP contribution >= 0.6 is 11.3 Å². The molecule has 1 atom stereocenters. The molecule has 1 unspecified atom stereocenters. The highest BCUT2D eigenvalue weighted by Gasteiger charge is 2.27. The zero-order valence-electron chi connectivity index (χ0n) is 12.7. The Bertz CT molecular complexity index is 533. The molecule has 2 rings (SSSR count). The molecule has 2 N–H and O–H groups in total. The van der Waals surface area contributed by atoms with Crippen molar-refractivity contribution in [3.63, 3.8) is 0 Å². The van der Waals surface area contributed by atoms with Gasteiger partial charge in [0.05, 0.1) is 10.7 Å². The van der Waals surface area contributed by atoms with Gasteiger partial charge < -0.3 is 10.4 Å². The molecule has 1 amide bonds. The van der Waals surface area contributed by atoms with Crippen LogP contribution in [0.4, 0.5) is 0 Å². The molecule has 0 spiro atoms. The summed E-state index contributed by atoms with van der Waals surface area (Å²) in [5.74, 6) is -1.02. The number of hydrogen-bond donors (Lipinski definition) is 2. The first kappa shape index (κ1) is 15.9. The summed E-state index contributed by atoms with van der Waals surface area (Å²) in [7, 11) is 0. The molecule has 1 fully saturated rings. The van der Waals surface area contributed by atoms with Gasteiger partial charge in [0, 0.05) is 5.92 Å². The zero-order valence-corrected chi connectivity index (χ0v) is 13.5. The molecule has 0 aromatic carbocycles. The van der Waals surface area contributed by atoms with Crippen molar-refractivity contribution >= 4 is 23.2 Å².